The average molecular weight is 428 g/mol. The predicted molar refractivity (Wildman–Crippen MR) is 114 cm³/mol. The van der Waals surface area contributed by atoms with Crippen LogP contribution in [0.25, 0.3) is 10.8 Å². The van der Waals surface area contributed by atoms with Gasteiger partial charge in [0.15, 0.2) is 0 Å². The highest BCUT2D eigenvalue weighted by Gasteiger charge is 2.29. The van der Waals surface area contributed by atoms with Gasteiger partial charge in [0.05, 0.1) is 17.1 Å². The minimum Gasteiger partial charge on any atom is -0.322 e. The number of hydrogen-bond acceptors (Lipinski definition) is 4. The van der Waals surface area contributed by atoms with Crippen LogP contribution in [0.2, 0.25) is 0 Å². The topological polar surface area (TPSA) is 69.7 Å². The first-order valence-electron chi connectivity index (χ1n) is 9.69. The molecule has 30 heavy (non-hydrogen) atoms. The van der Waals surface area contributed by atoms with E-state index in [9.17, 15) is 17.6 Å². The van der Waals surface area contributed by atoms with Gasteiger partial charge in [-0.3, -0.25) is 9.69 Å². The number of halogens is 1. The van der Waals surface area contributed by atoms with E-state index < -0.39 is 15.8 Å². The van der Waals surface area contributed by atoms with Gasteiger partial charge in [0.1, 0.15) is 5.82 Å². The predicted octanol–water partition coefficient (Wildman–Crippen LogP) is 2.92. The molecule has 0 bridgehead atoms. The van der Waals surface area contributed by atoms with Crippen molar-refractivity contribution in [2.75, 3.05) is 38.0 Å². The van der Waals surface area contributed by atoms with E-state index in [4.69, 9.17) is 0 Å². The molecule has 156 valence electrons. The van der Waals surface area contributed by atoms with Crippen molar-refractivity contribution in [1.82, 2.24) is 9.21 Å². The summed E-state index contributed by atoms with van der Waals surface area (Å²) in [6, 6.07) is 18.7. The van der Waals surface area contributed by atoms with Crippen LogP contribution in [0.4, 0.5) is 10.1 Å². The number of para-hydroxylation sites is 1. The highest BCUT2D eigenvalue weighted by atomic mass is 32.2. The van der Waals surface area contributed by atoms with Gasteiger partial charge < -0.3 is 5.32 Å². The Labute approximate surface area is 175 Å². The number of carbonyl (C=O) groups is 1. The summed E-state index contributed by atoms with van der Waals surface area (Å²) < 4.78 is 41.2. The molecule has 0 aliphatic carbocycles. The molecule has 6 nitrogen and oxygen atoms in total. The number of benzene rings is 3. The number of anilines is 1. The number of piperazine rings is 1. The largest absolute Gasteiger partial charge is 0.322 e. The molecule has 1 aliphatic rings. The minimum atomic E-state index is -3.60. The second kappa shape index (κ2) is 8.51. The second-order valence-electron chi connectivity index (χ2n) is 7.22. The number of nitrogens with one attached hydrogen (secondary N) is 1. The number of nitrogens with zero attached hydrogens (tertiary/aromatic N) is 2. The van der Waals surface area contributed by atoms with E-state index >= 15 is 0 Å². The first-order chi connectivity index (χ1) is 14.4. The third-order valence-electron chi connectivity index (χ3n) is 5.21. The fraction of sp³-hybridized carbons (Fsp3) is 0.227. The van der Waals surface area contributed by atoms with E-state index in [-0.39, 0.29) is 23.0 Å². The van der Waals surface area contributed by atoms with Crippen LogP contribution in [0, 0.1) is 5.82 Å². The third kappa shape index (κ3) is 4.35. The van der Waals surface area contributed by atoms with Crippen LogP contribution < -0.4 is 5.32 Å². The van der Waals surface area contributed by atoms with Crippen molar-refractivity contribution in [3.63, 3.8) is 0 Å². The SMILES string of the molecule is O=C(CN1CCN(S(=O)(=O)c2ccc3ccccc3c2)CC1)Nc1ccccc1F. The van der Waals surface area contributed by atoms with Crippen molar-refractivity contribution in [2.45, 2.75) is 4.90 Å². The maximum atomic E-state index is 13.7. The molecule has 1 saturated heterocycles. The van der Waals surface area contributed by atoms with Crippen molar-refractivity contribution in [2.24, 2.45) is 0 Å². The summed E-state index contributed by atoms with van der Waals surface area (Å²) >= 11 is 0. The lowest BCUT2D eigenvalue weighted by Crippen LogP contribution is -2.50. The van der Waals surface area contributed by atoms with Crippen LogP contribution in [0.3, 0.4) is 0 Å². The van der Waals surface area contributed by atoms with Gasteiger partial charge in [0.25, 0.3) is 0 Å². The molecule has 0 radical (unpaired) electrons. The molecule has 4 rings (SSSR count). The fourth-order valence-corrected chi connectivity index (χ4v) is 5.02. The van der Waals surface area contributed by atoms with E-state index in [1.54, 1.807) is 24.3 Å². The van der Waals surface area contributed by atoms with Gasteiger partial charge >= 0.3 is 0 Å². The Balaban J connectivity index is 1.37. The van der Waals surface area contributed by atoms with E-state index in [0.717, 1.165) is 10.8 Å². The van der Waals surface area contributed by atoms with E-state index in [0.29, 0.717) is 26.2 Å². The van der Waals surface area contributed by atoms with Crippen molar-refractivity contribution in [3.05, 3.63) is 72.5 Å². The van der Waals surface area contributed by atoms with Gasteiger partial charge in [-0.25, -0.2) is 12.8 Å². The smallest absolute Gasteiger partial charge is 0.243 e. The van der Waals surface area contributed by atoms with E-state index in [2.05, 4.69) is 5.32 Å². The number of carbonyl (C=O) groups excluding carboxylic acids is 1. The first kappa shape index (κ1) is 20.5. The van der Waals surface area contributed by atoms with Crippen LogP contribution in [-0.2, 0) is 14.8 Å². The van der Waals surface area contributed by atoms with Gasteiger partial charge in [0, 0.05) is 26.2 Å². The molecule has 3 aromatic carbocycles. The van der Waals surface area contributed by atoms with Gasteiger partial charge in [-0.15, -0.1) is 0 Å². The molecule has 3 aromatic rings. The zero-order valence-electron chi connectivity index (χ0n) is 16.3. The molecule has 0 spiro atoms. The molecule has 0 saturated carbocycles. The van der Waals surface area contributed by atoms with Crippen LogP contribution >= 0.6 is 0 Å². The number of rotatable bonds is 5. The summed E-state index contributed by atoms with van der Waals surface area (Å²) in [6.45, 7) is 1.53. The normalized spacial score (nSPS) is 15.9. The molecule has 8 heteroatoms. The van der Waals surface area contributed by atoms with Gasteiger partial charge in [-0.05, 0) is 35.0 Å². The van der Waals surface area contributed by atoms with E-state index in [1.165, 1.54) is 16.4 Å². The number of hydrogen-bond donors (Lipinski definition) is 1. The Morgan fingerprint density at radius 2 is 1.57 bits per heavy atom. The zero-order chi connectivity index (χ0) is 21.1. The molecular formula is C22H22FN3O3S. The monoisotopic (exact) mass is 427 g/mol. The van der Waals surface area contributed by atoms with Crippen LogP contribution in [0.15, 0.2) is 71.6 Å². The highest BCUT2D eigenvalue weighted by molar-refractivity contribution is 7.89. The van der Waals surface area contributed by atoms with Crippen LogP contribution in [0.1, 0.15) is 0 Å². The fourth-order valence-electron chi connectivity index (χ4n) is 3.56. The summed E-state index contributed by atoms with van der Waals surface area (Å²) in [7, 11) is -3.60. The molecule has 1 aliphatic heterocycles. The molecule has 0 unspecified atom stereocenters. The average Bonchev–Trinajstić information content (AvgIpc) is 2.75. The summed E-state index contributed by atoms with van der Waals surface area (Å²) in [6.07, 6.45) is 0. The van der Waals surface area contributed by atoms with Gasteiger partial charge in [0.2, 0.25) is 15.9 Å². The minimum absolute atomic E-state index is 0.0815. The Morgan fingerprint density at radius 3 is 2.30 bits per heavy atom. The number of sulfonamides is 1. The van der Waals surface area contributed by atoms with Crippen LogP contribution in [-0.4, -0.2) is 56.3 Å². The molecule has 1 heterocycles. The standard InChI is InChI=1S/C22H22FN3O3S/c23-20-7-3-4-8-21(20)24-22(27)16-25-11-13-26(14-12-25)30(28,29)19-10-9-17-5-1-2-6-18(17)15-19/h1-10,15H,11-14,16H2,(H,24,27). The molecule has 1 N–H and O–H groups in total. The van der Waals surface area contributed by atoms with Gasteiger partial charge in [-0.1, -0.05) is 42.5 Å². The Morgan fingerprint density at radius 1 is 0.900 bits per heavy atom. The Hall–Kier alpha value is -2.81. The van der Waals surface area contributed by atoms with E-state index in [1.807, 2.05) is 35.2 Å². The molecule has 0 atom stereocenters. The number of fused-ring (bicyclic) bond motifs is 1. The molecule has 0 aromatic heterocycles. The Bertz CT molecular complexity index is 1170. The zero-order valence-corrected chi connectivity index (χ0v) is 17.1. The molecular weight excluding hydrogens is 405 g/mol. The summed E-state index contributed by atoms with van der Waals surface area (Å²) in [4.78, 5) is 14.3. The van der Waals surface area contributed by atoms with Crippen molar-refractivity contribution >= 4 is 32.4 Å². The quantitative estimate of drug-likeness (QED) is 0.680. The number of amides is 1. The molecule has 1 amide bonds. The third-order valence-corrected chi connectivity index (χ3v) is 7.10. The summed E-state index contributed by atoms with van der Waals surface area (Å²) in [5.41, 5.74) is 0.139. The molecule has 1 fully saturated rings. The first-order valence-corrected chi connectivity index (χ1v) is 11.1. The van der Waals surface area contributed by atoms with Crippen molar-refractivity contribution < 1.29 is 17.6 Å². The lowest BCUT2D eigenvalue weighted by Gasteiger charge is -2.33. The van der Waals surface area contributed by atoms with Crippen LogP contribution in [0.5, 0.6) is 0 Å². The highest BCUT2D eigenvalue weighted by Crippen LogP contribution is 2.23. The van der Waals surface area contributed by atoms with Crippen molar-refractivity contribution in [1.29, 1.82) is 0 Å². The van der Waals surface area contributed by atoms with Crippen molar-refractivity contribution in [3.8, 4) is 0 Å². The van der Waals surface area contributed by atoms with Gasteiger partial charge in [-0.2, -0.15) is 4.31 Å². The summed E-state index contributed by atoms with van der Waals surface area (Å²) in [5.74, 6) is -0.817. The lowest BCUT2D eigenvalue weighted by molar-refractivity contribution is -0.117. The summed E-state index contributed by atoms with van der Waals surface area (Å²) in [5, 5.41) is 4.42. The second-order valence-corrected chi connectivity index (χ2v) is 9.16. The maximum Gasteiger partial charge on any atom is 0.243 e. The Kier molecular flexibility index (Phi) is 5.80. The lowest BCUT2D eigenvalue weighted by atomic mass is 10.1. The maximum absolute atomic E-state index is 13.7.